The SMILES string of the molecule is CC(C)(C)OC(=O)N1CCC(c2csc(-c3cc(Br)cnc3F)n2)CC1. The second-order valence-corrected chi connectivity index (χ2v) is 9.08. The number of halogens is 2. The molecular formula is C18H21BrFN3O2S. The highest BCUT2D eigenvalue weighted by Crippen LogP contribution is 2.34. The van der Waals surface area contributed by atoms with Crippen LogP contribution in [-0.2, 0) is 4.74 Å². The van der Waals surface area contributed by atoms with E-state index >= 15 is 0 Å². The van der Waals surface area contributed by atoms with Crippen LogP contribution in [-0.4, -0.2) is 39.7 Å². The summed E-state index contributed by atoms with van der Waals surface area (Å²) in [5.74, 6) is -0.254. The number of aromatic nitrogens is 2. The van der Waals surface area contributed by atoms with Crippen LogP contribution in [0.1, 0.15) is 45.2 Å². The van der Waals surface area contributed by atoms with Crippen LogP contribution in [0.15, 0.2) is 22.1 Å². The van der Waals surface area contributed by atoms with E-state index in [-0.39, 0.29) is 12.0 Å². The van der Waals surface area contributed by atoms with Crippen molar-refractivity contribution in [1.29, 1.82) is 0 Å². The summed E-state index contributed by atoms with van der Waals surface area (Å²) in [6, 6.07) is 1.69. The van der Waals surface area contributed by atoms with E-state index in [9.17, 15) is 9.18 Å². The Balaban J connectivity index is 1.65. The Morgan fingerprint density at radius 3 is 2.73 bits per heavy atom. The fraction of sp³-hybridized carbons (Fsp3) is 0.500. The van der Waals surface area contributed by atoms with Crippen LogP contribution in [0.4, 0.5) is 9.18 Å². The summed E-state index contributed by atoms with van der Waals surface area (Å²) in [7, 11) is 0. The molecular weight excluding hydrogens is 421 g/mol. The maximum Gasteiger partial charge on any atom is 0.410 e. The van der Waals surface area contributed by atoms with Gasteiger partial charge in [-0.15, -0.1) is 11.3 Å². The largest absolute Gasteiger partial charge is 0.444 e. The van der Waals surface area contributed by atoms with Gasteiger partial charge in [0.2, 0.25) is 5.95 Å². The van der Waals surface area contributed by atoms with E-state index in [1.54, 1.807) is 11.0 Å². The van der Waals surface area contributed by atoms with Crippen molar-refractivity contribution in [2.45, 2.75) is 45.1 Å². The van der Waals surface area contributed by atoms with Gasteiger partial charge in [0.15, 0.2) is 0 Å². The van der Waals surface area contributed by atoms with Crippen LogP contribution < -0.4 is 0 Å². The summed E-state index contributed by atoms with van der Waals surface area (Å²) in [6.07, 6.45) is 2.81. The van der Waals surface area contributed by atoms with E-state index in [0.29, 0.717) is 23.7 Å². The monoisotopic (exact) mass is 441 g/mol. The Labute approximate surface area is 164 Å². The minimum absolute atomic E-state index is 0.266. The summed E-state index contributed by atoms with van der Waals surface area (Å²) < 4.78 is 20.1. The minimum atomic E-state index is -0.520. The fourth-order valence-corrected chi connectivity index (χ4v) is 4.09. The molecule has 0 bridgehead atoms. The predicted molar refractivity (Wildman–Crippen MR) is 103 cm³/mol. The molecule has 8 heteroatoms. The molecule has 1 aliphatic heterocycles. The van der Waals surface area contributed by atoms with Crippen molar-refractivity contribution >= 4 is 33.4 Å². The molecule has 0 unspecified atom stereocenters. The zero-order valence-corrected chi connectivity index (χ0v) is 17.4. The number of rotatable bonds is 2. The molecule has 0 radical (unpaired) electrons. The molecule has 0 aromatic carbocycles. The van der Waals surface area contributed by atoms with Crippen LogP contribution in [0.5, 0.6) is 0 Å². The third-order valence-corrected chi connectivity index (χ3v) is 5.45. The van der Waals surface area contributed by atoms with E-state index < -0.39 is 11.5 Å². The van der Waals surface area contributed by atoms with Crippen molar-refractivity contribution < 1.29 is 13.9 Å². The average Bonchev–Trinajstić information content (AvgIpc) is 3.05. The molecule has 1 aliphatic rings. The molecule has 0 spiro atoms. The summed E-state index contributed by atoms with van der Waals surface area (Å²) in [5.41, 5.74) is 0.870. The van der Waals surface area contributed by atoms with Gasteiger partial charge in [-0.25, -0.2) is 14.8 Å². The summed E-state index contributed by atoms with van der Waals surface area (Å²) in [6.45, 7) is 6.87. The maximum atomic E-state index is 14.0. The molecule has 1 saturated heterocycles. The summed E-state index contributed by atoms with van der Waals surface area (Å²) in [4.78, 5) is 22.2. The fourth-order valence-electron chi connectivity index (χ4n) is 2.85. The number of piperidine rings is 1. The first-order chi connectivity index (χ1) is 12.2. The Bertz CT molecular complexity index is 798. The highest BCUT2D eigenvalue weighted by atomic mass is 79.9. The second kappa shape index (κ2) is 7.60. The normalized spacial score (nSPS) is 16.0. The number of nitrogens with zero attached hydrogens (tertiary/aromatic N) is 3. The van der Waals surface area contributed by atoms with Crippen molar-refractivity contribution in [2.24, 2.45) is 0 Å². The zero-order valence-electron chi connectivity index (χ0n) is 15.0. The third-order valence-electron chi connectivity index (χ3n) is 4.12. The lowest BCUT2D eigenvalue weighted by molar-refractivity contribution is 0.0204. The quantitative estimate of drug-likeness (QED) is 0.599. The molecule has 5 nitrogen and oxygen atoms in total. The first-order valence-electron chi connectivity index (χ1n) is 8.48. The highest BCUT2D eigenvalue weighted by molar-refractivity contribution is 9.10. The van der Waals surface area contributed by atoms with Crippen LogP contribution in [0.2, 0.25) is 0 Å². The van der Waals surface area contributed by atoms with Gasteiger partial charge in [0.1, 0.15) is 10.6 Å². The van der Waals surface area contributed by atoms with Gasteiger partial charge in [-0.2, -0.15) is 4.39 Å². The number of thiazole rings is 1. The Hall–Kier alpha value is -1.54. The Morgan fingerprint density at radius 2 is 2.08 bits per heavy atom. The molecule has 0 aliphatic carbocycles. The van der Waals surface area contributed by atoms with Gasteiger partial charge >= 0.3 is 6.09 Å². The van der Waals surface area contributed by atoms with Crippen LogP contribution in [0.25, 0.3) is 10.6 Å². The van der Waals surface area contributed by atoms with Crippen molar-refractivity contribution in [1.82, 2.24) is 14.9 Å². The number of hydrogen-bond donors (Lipinski definition) is 0. The highest BCUT2D eigenvalue weighted by Gasteiger charge is 2.28. The molecule has 2 aromatic rings. The topological polar surface area (TPSA) is 55.3 Å². The molecule has 26 heavy (non-hydrogen) atoms. The lowest BCUT2D eigenvalue weighted by Gasteiger charge is -2.32. The number of likely N-dealkylation sites (tertiary alicyclic amines) is 1. The number of pyridine rings is 1. The lowest BCUT2D eigenvalue weighted by atomic mass is 9.94. The van der Waals surface area contributed by atoms with Gasteiger partial charge in [-0.05, 0) is 55.6 Å². The van der Waals surface area contributed by atoms with Crippen LogP contribution >= 0.6 is 27.3 Å². The Kier molecular flexibility index (Phi) is 5.62. The number of amides is 1. The van der Waals surface area contributed by atoms with Gasteiger partial charge < -0.3 is 9.64 Å². The van der Waals surface area contributed by atoms with E-state index in [1.165, 1.54) is 17.5 Å². The lowest BCUT2D eigenvalue weighted by Crippen LogP contribution is -2.41. The summed E-state index contributed by atoms with van der Waals surface area (Å²) in [5, 5.41) is 2.60. The van der Waals surface area contributed by atoms with E-state index in [4.69, 9.17) is 4.74 Å². The van der Waals surface area contributed by atoms with Gasteiger partial charge in [0.25, 0.3) is 0 Å². The standard InChI is InChI=1S/C18H21BrFN3O2S/c1-18(2,3)25-17(24)23-6-4-11(5-7-23)14-10-26-16(22-14)13-8-12(19)9-21-15(13)20/h8-11H,4-7H2,1-3H3. The molecule has 2 aromatic heterocycles. The average molecular weight is 442 g/mol. The zero-order chi connectivity index (χ0) is 18.9. The molecule has 0 atom stereocenters. The third kappa shape index (κ3) is 4.59. The van der Waals surface area contributed by atoms with Gasteiger partial charge in [0.05, 0.1) is 11.3 Å². The first-order valence-corrected chi connectivity index (χ1v) is 10.1. The van der Waals surface area contributed by atoms with Crippen LogP contribution in [0, 0.1) is 5.95 Å². The number of hydrogen-bond acceptors (Lipinski definition) is 5. The summed E-state index contributed by atoms with van der Waals surface area (Å²) >= 11 is 4.73. The molecule has 3 heterocycles. The van der Waals surface area contributed by atoms with Crippen molar-refractivity contribution in [3.05, 3.63) is 33.8 Å². The molecule has 0 N–H and O–H groups in total. The van der Waals surface area contributed by atoms with Crippen molar-refractivity contribution in [2.75, 3.05) is 13.1 Å². The molecule has 1 amide bonds. The van der Waals surface area contributed by atoms with Gasteiger partial charge in [0, 0.05) is 35.1 Å². The van der Waals surface area contributed by atoms with E-state index in [1.807, 2.05) is 26.2 Å². The number of carbonyl (C=O) groups excluding carboxylic acids is 1. The van der Waals surface area contributed by atoms with E-state index in [2.05, 4.69) is 25.9 Å². The minimum Gasteiger partial charge on any atom is -0.444 e. The maximum absolute atomic E-state index is 14.0. The van der Waals surface area contributed by atoms with Gasteiger partial charge in [-0.1, -0.05) is 0 Å². The smallest absolute Gasteiger partial charge is 0.410 e. The molecule has 0 saturated carbocycles. The first kappa shape index (κ1) is 19.2. The van der Waals surface area contributed by atoms with Crippen LogP contribution in [0.3, 0.4) is 0 Å². The van der Waals surface area contributed by atoms with Crippen molar-refractivity contribution in [3.63, 3.8) is 0 Å². The predicted octanol–water partition coefficient (Wildman–Crippen LogP) is 5.22. The number of ether oxygens (including phenoxy) is 1. The second-order valence-electron chi connectivity index (χ2n) is 7.31. The van der Waals surface area contributed by atoms with E-state index in [0.717, 1.165) is 23.0 Å². The number of carbonyl (C=O) groups is 1. The molecule has 1 fully saturated rings. The van der Waals surface area contributed by atoms with Crippen molar-refractivity contribution in [3.8, 4) is 10.6 Å². The molecule has 3 rings (SSSR count). The van der Waals surface area contributed by atoms with Gasteiger partial charge in [-0.3, -0.25) is 0 Å². The Morgan fingerprint density at radius 1 is 1.38 bits per heavy atom. The molecule has 140 valence electrons.